The highest BCUT2D eigenvalue weighted by atomic mass is 28.3. The minimum absolute atomic E-state index is 0.394. The second kappa shape index (κ2) is 23.3. The van der Waals surface area contributed by atoms with Crippen LogP contribution in [0.2, 0.25) is 6.04 Å². The van der Waals surface area contributed by atoms with Gasteiger partial charge in [0.2, 0.25) is 0 Å². The molecule has 0 rings (SSSR count). The molecule has 1 radical (unpaired) electrons. The average molecular weight is 457 g/mol. The van der Waals surface area contributed by atoms with Gasteiger partial charge in [0.15, 0.2) is 0 Å². The van der Waals surface area contributed by atoms with Crippen molar-refractivity contribution in [2.45, 2.75) is 155 Å². The molecule has 0 heterocycles. The molecule has 187 valence electrons. The lowest BCUT2D eigenvalue weighted by atomic mass is 10.1. The third-order valence-corrected chi connectivity index (χ3v) is 8.21. The minimum atomic E-state index is -1.19. The highest BCUT2D eigenvalue weighted by molar-refractivity contribution is 6.44. The van der Waals surface area contributed by atoms with Gasteiger partial charge in [0.1, 0.15) is 0 Å². The van der Waals surface area contributed by atoms with E-state index in [0.717, 1.165) is 25.4 Å². The monoisotopic (exact) mass is 456 g/mol. The first-order valence-electron chi connectivity index (χ1n) is 13.9. The molecule has 2 atom stereocenters. The normalized spacial score (nSPS) is 13.9. The minimum Gasteiger partial charge on any atom is -0.390 e. The third kappa shape index (κ3) is 20.4. The van der Waals surface area contributed by atoms with Gasteiger partial charge in [-0.3, -0.25) is 0 Å². The molecule has 0 bridgehead atoms. The van der Waals surface area contributed by atoms with Gasteiger partial charge in [0.25, 0.3) is 0 Å². The highest BCUT2D eigenvalue weighted by Crippen LogP contribution is 2.19. The predicted octanol–water partition coefficient (Wildman–Crippen LogP) is 8.52. The Hall–Kier alpha value is 0.0969. The summed E-state index contributed by atoms with van der Waals surface area (Å²) < 4.78 is 13.3. The summed E-state index contributed by atoms with van der Waals surface area (Å²) in [5.74, 6) is 0. The lowest BCUT2D eigenvalue weighted by molar-refractivity contribution is 0.0839. The Balaban J connectivity index is 4.46. The summed E-state index contributed by atoms with van der Waals surface area (Å²) in [4.78, 5) is 2.28. The van der Waals surface area contributed by atoms with E-state index in [1.807, 2.05) is 0 Å². The Labute approximate surface area is 198 Å². The topological polar surface area (TPSA) is 21.7 Å². The molecule has 0 saturated carbocycles. The number of rotatable bonds is 24. The maximum absolute atomic E-state index is 6.66. The van der Waals surface area contributed by atoms with E-state index in [1.54, 1.807) is 0 Å². The molecule has 0 aliphatic carbocycles. The maximum atomic E-state index is 6.66. The predicted molar refractivity (Wildman–Crippen MR) is 140 cm³/mol. The molecule has 3 nitrogen and oxygen atoms in total. The molecule has 0 aromatic carbocycles. The van der Waals surface area contributed by atoms with Gasteiger partial charge in [0.05, 0.1) is 0 Å². The van der Waals surface area contributed by atoms with Crippen molar-refractivity contribution in [3.63, 3.8) is 0 Å². The molecular formula is C27H58NO2Si. The Morgan fingerprint density at radius 1 is 0.581 bits per heavy atom. The van der Waals surface area contributed by atoms with Crippen molar-refractivity contribution in [2.75, 3.05) is 20.6 Å². The zero-order valence-corrected chi connectivity index (χ0v) is 23.4. The summed E-state index contributed by atoms with van der Waals surface area (Å²) >= 11 is 0. The first-order valence-corrected chi connectivity index (χ1v) is 15.4. The highest BCUT2D eigenvalue weighted by Gasteiger charge is 2.24. The Bertz CT molecular complexity index is 328. The molecule has 31 heavy (non-hydrogen) atoms. The summed E-state index contributed by atoms with van der Waals surface area (Å²) in [6.45, 7) is 10.3. The number of hydrogen-bond donors (Lipinski definition) is 0. The number of hydrogen-bond acceptors (Lipinski definition) is 3. The van der Waals surface area contributed by atoms with E-state index in [0.29, 0.717) is 12.2 Å². The van der Waals surface area contributed by atoms with Crippen LogP contribution in [-0.4, -0.2) is 47.0 Å². The smallest absolute Gasteiger partial charge is 0.385 e. The van der Waals surface area contributed by atoms with Crippen molar-refractivity contribution >= 4 is 9.28 Å². The van der Waals surface area contributed by atoms with Gasteiger partial charge in [-0.05, 0) is 58.8 Å². The van der Waals surface area contributed by atoms with Crippen LogP contribution < -0.4 is 0 Å². The fourth-order valence-corrected chi connectivity index (χ4v) is 6.11. The van der Waals surface area contributed by atoms with E-state index in [-0.39, 0.29) is 0 Å². The molecule has 4 heteroatoms. The van der Waals surface area contributed by atoms with Gasteiger partial charge in [0, 0.05) is 12.2 Å². The van der Waals surface area contributed by atoms with Crippen molar-refractivity contribution in [3.05, 3.63) is 0 Å². The molecule has 0 amide bonds. The third-order valence-electron chi connectivity index (χ3n) is 6.25. The van der Waals surface area contributed by atoms with E-state index >= 15 is 0 Å². The molecule has 0 saturated heterocycles. The number of nitrogens with zero attached hydrogens (tertiary/aromatic N) is 1. The van der Waals surface area contributed by atoms with Crippen LogP contribution in [0.25, 0.3) is 0 Å². The number of unbranched alkanes of at least 4 members (excludes halogenated alkanes) is 10. The molecule has 0 aliphatic heterocycles. The summed E-state index contributed by atoms with van der Waals surface area (Å²) in [5, 5.41) is 0. The van der Waals surface area contributed by atoms with Crippen LogP contribution in [0.15, 0.2) is 0 Å². The quantitative estimate of drug-likeness (QED) is 0.107. The fraction of sp³-hybridized carbons (Fsp3) is 1.00. The SMILES string of the molecule is CCCCCCCCC(CC)O[Si](CCCN(C)C)OC(CC)CCCCCCCC. The second-order valence-electron chi connectivity index (χ2n) is 9.69. The molecule has 0 fully saturated rings. The fourth-order valence-electron chi connectivity index (χ4n) is 4.05. The van der Waals surface area contributed by atoms with Crippen molar-refractivity contribution in [3.8, 4) is 0 Å². The molecule has 0 aliphatic rings. The van der Waals surface area contributed by atoms with Crippen molar-refractivity contribution < 1.29 is 8.85 Å². The largest absolute Gasteiger partial charge is 0.390 e. The van der Waals surface area contributed by atoms with E-state index in [2.05, 4.69) is 46.7 Å². The van der Waals surface area contributed by atoms with E-state index in [1.165, 1.54) is 96.3 Å². The lowest BCUT2D eigenvalue weighted by Crippen LogP contribution is -2.33. The average Bonchev–Trinajstić information content (AvgIpc) is 2.76. The van der Waals surface area contributed by atoms with Gasteiger partial charge in [-0.25, -0.2) is 0 Å². The van der Waals surface area contributed by atoms with E-state index < -0.39 is 9.28 Å². The molecule has 2 unspecified atom stereocenters. The zero-order valence-electron chi connectivity index (χ0n) is 22.4. The maximum Gasteiger partial charge on any atom is 0.385 e. The van der Waals surface area contributed by atoms with Crippen LogP contribution >= 0.6 is 0 Å². The molecular weight excluding hydrogens is 398 g/mol. The lowest BCUT2D eigenvalue weighted by Gasteiger charge is -2.26. The Morgan fingerprint density at radius 2 is 1.00 bits per heavy atom. The van der Waals surface area contributed by atoms with Crippen LogP contribution in [0.4, 0.5) is 0 Å². The molecule has 0 spiro atoms. The van der Waals surface area contributed by atoms with Gasteiger partial charge < -0.3 is 13.8 Å². The van der Waals surface area contributed by atoms with E-state index in [9.17, 15) is 0 Å². The first-order chi connectivity index (χ1) is 15.1. The van der Waals surface area contributed by atoms with E-state index in [4.69, 9.17) is 8.85 Å². The van der Waals surface area contributed by atoms with Crippen LogP contribution in [0.3, 0.4) is 0 Å². The van der Waals surface area contributed by atoms with Gasteiger partial charge in [-0.2, -0.15) is 0 Å². The van der Waals surface area contributed by atoms with Crippen LogP contribution in [0.1, 0.15) is 137 Å². The van der Waals surface area contributed by atoms with Crippen molar-refractivity contribution in [1.82, 2.24) is 4.90 Å². The van der Waals surface area contributed by atoms with Crippen LogP contribution in [-0.2, 0) is 8.85 Å². The molecule has 0 N–H and O–H groups in total. The Morgan fingerprint density at radius 3 is 1.39 bits per heavy atom. The van der Waals surface area contributed by atoms with Gasteiger partial charge in [-0.15, -0.1) is 0 Å². The molecule has 0 aromatic rings. The van der Waals surface area contributed by atoms with Crippen molar-refractivity contribution in [1.29, 1.82) is 0 Å². The zero-order chi connectivity index (χ0) is 23.2. The van der Waals surface area contributed by atoms with Gasteiger partial charge in [-0.1, -0.05) is 105 Å². The molecule has 0 aromatic heterocycles. The summed E-state index contributed by atoms with van der Waals surface area (Å²) in [6.07, 6.45) is 23.0. The van der Waals surface area contributed by atoms with Gasteiger partial charge >= 0.3 is 9.28 Å². The standard InChI is InChI=1S/C27H58NO2Si/c1-7-11-13-15-17-19-22-26(9-3)29-31(25-21-24-28(5)6)30-27(10-4)23-20-18-16-14-12-8-2/h26-27H,7-25H2,1-6H3. The summed E-state index contributed by atoms with van der Waals surface area (Å²) in [7, 11) is 3.13. The first kappa shape index (κ1) is 31.1. The Kier molecular flexibility index (Phi) is 23.3. The summed E-state index contributed by atoms with van der Waals surface area (Å²) in [5.41, 5.74) is 0. The second-order valence-corrected chi connectivity index (χ2v) is 11.4. The van der Waals surface area contributed by atoms with Crippen LogP contribution in [0, 0.1) is 0 Å². The summed E-state index contributed by atoms with van der Waals surface area (Å²) in [6, 6.07) is 1.11. The van der Waals surface area contributed by atoms with Crippen LogP contribution in [0.5, 0.6) is 0 Å². The van der Waals surface area contributed by atoms with Crippen molar-refractivity contribution in [2.24, 2.45) is 0 Å².